The van der Waals surface area contributed by atoms with Crippen LogP contribution in [0.1, 0.15) is 32.8 Å². The first kappa shape index (κ1) is 31.1. The largest absolute Gasteiger partial charge is 0.497 e. The lowest BCUT2D eigenvalue weighted by Gasteiger charge is -2.32. The molecule has 0 heterocycles. The second-order valence-electron chi connectivity index (χ2n) is 9.46. The van der Waals surface area contributed by atoms with Crippen molar-refractivity contribution in [2.45, 2.75) is 50.7 Å². The van der Waals surface area contributed by atoms with Crippen LogP contribution >= 0.6 is 0 Å². The number of ether oxygens (including phenoxy) is 1. The van der Waals surface area contributed by atoms with E-state index in [0.29, 0.717) is 17.7 Å². The van der Waals surface area contributed by atoms with Gasteiger partial charge in [-0.1, -0.05) is 37.3 Å². The van der Waals surface area contributed by atoms with Crippen molar-refractivity contribution in [1.29, 1.82) is 0 Å². The van der Waals surface area contributed by atoms with E-state index in [1.165, 1.54) is 48.4 Å². The van der Waals surface area contributed by atoms with Crippen LogP contribution < -0.4 is 14.4 Å². The van der Waals surface area contributed by atoms with Gasteiger partial charge in [0.15, 0.2) is 0 Å². The minimum absolute atomic E-state index is 0.0252. The molecular formula is C29H34N4O7S. The maximum Gasteiger partial charge on any atom is 0.269 e. The van der Waals surface area contributed by atoms with Crippen LogP contribution in [-0.4, -0.2) is 55.8 Å². The van der Waals surface area contributed by atoms with E-state index in [1.807, 2.05) is 13.8 Å². The molecule has 12 heteroatoms. The average Bonchev–Trinajstić information content (AvgIpc) is 2.98. The smallest absolute Gasteiger partial charge is 0.269 e. The van der Waals surface area contributed by atoms with Gasteiger partial charge in [0.1, 0.15) is 18.3 Å². The monoisotopic (exact) mass is 582 g/mol. The van der Waals surface area contributed by atoms with Gasteiger partial charge in [0.2, 0.25) is 11.8 Å². The van der Waals surface area contributed by atoms with Gasteiger partial charge >= 0.3 is 0 Å². The summed E-state index contributed by atoms with van der Waals surface area (Å²) in [5.74, 6) is -0.396. The summed E-state index contributed by atoms with van der Waals surface area (Å²) in [5, 5.41) is 14.1. The molecule has 3 rings (SSSR count). The molecule has 0 unspecified atom stereocenters. The molecular weight excluding hydrogens is 548 g/mol. The van der Waals surface area contributed by atoms with E-state index >= 15 is 0 Å². The molecule has 2 amide bonds. The Labute approximate surface area is 239 Å². The number of sulfonamides is 1. The molecule has 2 atom stereocenters. The first-order valence-corrected chi connectivity index (χ1v) is 14.5. The Morgan fingerprint density at radius 3 is 2.12 bits per heavy atom. The van der Waals surface area contributed by atoms with Crippen molar-refractivity contribution in [3.8, 4) is 5.75 Å². The number of carbonyl (C=O) groups is 2. The number of carbonyl (C=O) groups excluding carboxylic acids is 2. The average molecular weight is 583 g/mol. The number of amides is 2. The van der Waals surface area contributed by atoms with Gasteiger partial charge in [-0.2, -0.15) is 0 Å². The second-order valence-corrected chi connectivity index (χ2v) is 11.3. The normalized spacial score (nSPS) is 12.6. The van der Waals surface area contributed by atoms with E-state index in [9.17, 15) is 28.1 Å². The number of nitro benzene ring substituents is 1. The van der Waals surface area contributed by atoms with Crippen LogP contribution in [0.3, 0.4) is 0 Å². The first-order valence-electron chi connectivity index (χ1n) is 13.0. The molecule has 41 heavy (non-hydrogen) atoms. The van der Waals surface area contributed by atoms with Crippen molar-refractivity contribution < 1.29 is 27.7 Å². The molecule has 3 aromatic carbocycles. The third kappa shape index (κ3) is 7.82. The fourth-order valence-corrected chi connectivity index (χ4v) is 5.40. The van der Waals surface area contributed by atoms with E-state index in [-0.39, 0.29) is 34.8 Å². The van der Waals surface area contributed by atoms with Gasteiger partial charge in [-0.25, -0.2) is 8.42 Å². The Hall–Kier alpha value is -4.45. The highest BCUT2D eigenvalue weighted by Gasteiger charge is 2.33. The molecule has 1 N–H and O–H groups in total. The number of anilines is 1. The SMILES string of the molecule is CC[C@@H](C)NC(=O)[C@H](C)N(Cc1ccc(OC)cc1)C(=O)CN(c1ccc([N+](=O)[O-])cc1)S(=O)(=O)c1ccccc1. The minimum Gasteiger partial charge on any atom is -0.497 e. The van der Waals surface area contributed by atoms with Crippen molar-refractivity contribution >= 4 is 33.2 Å². The van der Waals surface area contributed by atoms with E-state index in [2.05, 4.69) is 5.32 Å². The summed E-state index contributed by atoms with van der Waals surface area (Å²) >= 11 is 0. The number of benzene rings is 3. The van der Waals surface area contributed by atoms with Crippen molar-refractivity contribution in [1.82, 2.24) is 10.2 Å². The van der Waals surface area contributed by atoms with Gasteiger partial charge in [-0.05, 0) is 62.2 Å². The number of non-ortho nitro benzene ring substituents is 1. The summed E-state index contributed by atoms with van der Waals surface area (Å²) in [6, 6.07) is 18.4. The van der Waals surface area contributed by atoms with Gasteiger partial charge in [0.05, 0.1) is 22.6 Å². The molecule has 0 bridgehead atoms. The lowest BCUT2D eigenvalue weighted by molar-refractivity contribution is -0.384. The molecule has 0 fully saturated rings. The summed E-state index contributed by atoms with van der Waals surface area (Å²) in [4.78, 5) is 38.9. The zero-order chi connectivity index (χ0) is 30.2. The van der Waals surface area contributed by atoms with Gasteiger partial charge < -0.3 is 15.0 Å². The van der Waals surface area contributed by atoms with Crippen LogP contribution in [0.2, 0.25) is 0 Å². The van der Waals surface area contributed by atoms with Crippen molar-refractivity contribution in [3.63, 3.8) is 0 Å². The highest BCUT2D eigenvalue weighted by Crippen LogP contribution is 2.26. The van der Waals surface area contributed by atoms with Gasteiger partial charge in [-0.15, -0.1) is 0 Å². The summed E-state index contributed by atoms with van der Waals surface area (Å²) in [6.07, 6.45) is 0.689. The van der Waals surface area contributed by atoms with Crippen LogP contribution in [-0.2, 0) is 26.2 Å². The standard InChI is InChI=1S/C29H34N4O7S/c1-5-21(2)30-29(35)22(3)31(19-23-11-17-26(40-4)18-12-23)28(34)20-32(24-13-15-25(16-14-24)33(36)37)41(38,39)27-9-7-6-8-10-27/h6-18,21-22H,5,19-20H2,1-4H3,(H,30,35)/t21-,22+/m1/s1. The van der Waals surface area contributed by atoms with E-state index in [0.717, 1.165) is 4.31 Å². The Kier molecular flexibility index (Phi) is 10.4. The topological polar surface area (TPSA) is 139 Å². The molecule has 0 aliphatic carbocycles. The molecule has 0 aliphatic heterocycles. The lowest BCUT2D eigenvalue weighted by Crippen LogP contribution is -2.52. The first-order chi connectivity index (χ1) is 19.5. The van der Waals surface area contributed by atoms with E-state index < -0.39 is 33.4 Å². The molecule has 0 radical (unpaired) electrons. The van der Waals surface area contributed by atoms with Crippen LogP contribution in [0.5, 0.6) is 5.75 Å². The number of rotatable bonds is 13. The quantitative estimate of drug-likeness (QED) is 0.236. The summed E-state index contributed by atoms with van der Waals surface area (Å²) in [5.41, 5.74) is 0.539. The minimum atomic E-state index is -4.27. The maximum absolute atomic E-state index is 13.9. The summed E-state index contributed by atoms with van der Waals surface area (Å²) in [7, 11) is -2.73. The highest BCUT2D eigenvalue weighted by molar-refractivity contribution is 7.92. The zero-order valence-electron chi connectivity index (χ0n) is 23.4. The number of methoxy groups -OCH3 is 1. The lowest BCUT2D eigenvalue weighted by atomic mass is 10.1. The molecule has 0 saturated carbocycles. The van der Waals surface area contributed by atoms with Gasteiger partial charge in [0.25, 0.3) is 15.7 Å². The predicted octanol–water partition coefficient (Wildman–Crippen LogP) is 4.13. The Bertz CT molecular complexity index is 1450. The van der Waals surface area contributed by atoms with Gasteiger partial charge in [-0.3, -0.25) is 24.0 Å². The number of hydrogen-bond donors (Lipinski definition) is 1. The third-order valence-corrected chi connectivity index (χ3v) is 8.43. The van der Waals surface area contributed by atoms with Gasteiger partial charge in [0, 0.05) is 24.7 Å². The Morgan fingerprint density at radius 2 is 1.59 bits per heavy atom. The Morgan fingerprint density at radius 1 is 0.976 bits per heavy atom. The molecule has 3 aromatic rings. The van der Waals surface area contributed by atoms with Crippen molar-refractivity contribution in [2.24, 2.45) is 0 Å². The van der Waals surface area contributed by atoms with Crippen LogP contribution in [0.4, 0.5) is 11.4 Å². The number of nitro groups is 1. The molecule has 0 saturated heterocycles. The van der Waals surface area contributed by atoms with E-state index in [4.69, 9.17) is 4.74 Å². The zero-order valence-corrected chi connectivity index (χ0v) is 24.2. The Balaban J connectivity index is 2.02. The fraction of sp³-hybridized carbons (Fsp3) is 0.310. The number of nitrogens with one attached hydrogen (secondary N) is 1. The number of nitrogens with zero attached hydrogens (tertiary/aromatic N) is 3. The maximum atomic E-state index is 13.9. The molecule has 218 valence electrons. The van der Waals surface area contributed by atoms with E-state index in [1.54, 1.807) is 49.4 Å². The predicted molar refractivity (Wildman–Crippen MR) is 155 cm³/mol. The molecule has 0 spiro atoms. The fourth-order valence-electron chi connectivity index (χ4n) is 3.96. The van der Waals surface area contributed by atoms with Crippen LogP contribution in [0.25, 0.3) is 0 Å². The molecule has 0 aromatic heterocycles. The second kappa shape index (κ2) is 13.8. The van der Waals surface area contributed by atoms with Crippen molar-refractivity contribution in [3.05, 3.63) is 94.5 Å². The third-order valence-electron chi connectivity index (χ3n) is 6.64. The summed E-state index contributed by atoms with van der Waals surface area (Å²) in [6.45, 7) is 4.74. The summed E-state index contributed by atoms with van der Waals surface area (Å²) < 4.78 is 33.6. The highest BCUT2D eigenvalue weighted by atomic mass is 32.2. The molecule has 0 aliphatic rings. The molecule has 11 nitrogen and oxygen atoms in total. The number of hydrogen-bond acceptors (Lipinski definition) is 7. The van der Waals surface area contributed by atoms with Crippen LogP contribution in [0, 0.1) is 10.1 Å². The van der Waals surface area contributed by atoms with Crippen molar-refractivity contribution in [2.75, 3.05) is 18.0 Å². The van der Waals surface area contributed by atoms with Crippen LogP contribution in [0.15, 0.2) is 83.8 Å².